The number of ether oxygens (including phenoxy) is 3. The van der Waals surface area contributed by atoms with Crippen molar-refractivity contribution in [3.05, 3.63) is 52.6 Å². The maximum absolute atomic E-state index is 12.8. The van der Waals surface area contributed by atoms with Crippen LogP contribution in [0.4, 0.5) is 0 Å². The molecule has 1 heterocycles. The first-order chi connectivity index (χ1) is 14.4. The van der Waals surface area contributed by atoms with Gasteiger partial charge in [0.2, 0.25) is 0 Å². The van der Waals surface area contributed by atoms with E-state index in [0.29, 0.717) is 17.1 Å². The zero-order valence-electron chi connectivity index (χ0n) is 18.7. The number of benzene rings is 2. The molecule has 6 nitrogen and oxygen atoms in total. The van der Waals surface area contributed by atoms with Gasteiger partial charge < -0.3 is 19.5 Å². The van der Waals surface area contributed by atoms with E-state index in [4.69, 9.17) is 14.2 Å². The summed E-state index contributed by atoms with van der Waals surface area (Å²) in [6.07, 6.45) is 0.922. The highest BCUT2D eigenvalue weighted by molar-refractivity contribution is 5.95. The predicted molar refractivity (Wildman–Crippen MR) is 118 cm³/mol. The third-order valence-corrected chi connectivity index (χ3v) is 6.17. The summed E-state index contributed by atoms with van der Waals surface area (Å²) >= 11 is 0. The summed E-state index contributed by atoms with van der Waals surface area (Å²) in [4.78, 5) is 15.2. The third kappa shape index (κ3) is 4.54. The number of carbonyl (C=O) groups is 1. The maximum atomic E-state index is 12.8. The lowest BCUT2D eigenvalue weighted by Crippen LogP contribution is -2.37. The van der Waals surface area contributed by atoms with Gasteiger partial charge in [0.25, 0.3) is 5.91 Å². The van der Waals surface area contributed by atoms with Crippen molar-refractivity contribution in [3.8, 4) is 17.2 Å². The standard InChI is InChI=1S/C24H32N2O4/c1-15-16(2)23(30-6)8-7-22(15)17(3)26-10-9-19(14-26)25-24(27)18-11-20(28-4)13-21(12-18)29-5/h7-8,11-13,17,19H,9-10,14H2,1-6H3,(H,25,27)/t17?,19-/m0/s1. The summed E-state index contributed by atoms with van der Waals surface area (Å²) < 4.78 is 16.0. The molecule has 1 saturated heterocycles. The van der Waals surface area contributed by atoms with E-state index < -0.39 is 0 Å². The molecule has 1 N–H and O–H groups in total. The quantitative estimate of drug-likeness (QED) is 0.748. The van der Waals surface area contributed by atoms with Crippen molar-refractivity contribution in [1.82, 2.24) is 10.2 Å². The molecule has 30 heavy (non-hydrogen) atoms. The second-order valence-electron chi connectivity index (χ2n) is 7.84. The smallest absolute Gasteiger partial charge is 0.251 e. The molecule has 1 amide bonds. The van der Waals surface area contributed by atoms with Gasteiger partial charge in [-0.05, 0) is 62.1 Å². The summed E-state index contributed by atoms with van der Waals surface area (Å²) in [7, 11) is 4.86. The van der Waals surface area contributed by atoms with Crippen molar-refractivity contribution in [2.24, 2.45) is 0 Å². The number of amides is 1. The molecule has 2 atom stereocenters. The van der Waals surface area contributed by atoms with Crippen molar-refractivity contribution in [2.75, 3.05) is 34.4 Å². The van der Waals surface area contributed by atoms with Gasteiger partial charge >= 0.3 is 0 Å². The molecule has 0 aromatic heterocycles. The van der Waals surface area contributed by atoms with Gasteiger partial charge in [0.1, 0.15) is 17.2 Å². The number of carbonyl (C=O) groups excluding carboxylic acids is 1. The number of methoxy groups -OCH3 is 3. The van der Waals surface area contributed by atoms with Crippen LogP contribution in [0.3, 0.4) is 0 Å². The van der Waals surface area contributed by atoms with Gasteiger partial charge in [0.15, 0.2) is 0 Å². The van der Waals surface area contributed by atoms with E-state index in [9.17, 15) is 4.79 Å². The fourth-order valence-electron chi connectivity index (χ4n) is 4.15. The van der Waals surface area contributed by atoms with Crippen LogP contribution in [0.15, 0.2) is 30.3 Å². The Morgan fingerprint density at radius 3 is 2.30 bits per heavy atom. The Labute approximate surface area is 179 Å². The average molecular weight is 413 g/mol. The van der Waals surface area contributed by atoms with Crippen molar-refractivity contribution >= 4 is 5.91 Å². The zero-order valence-corrected chi connectivity index (χ0v) is 18.7. The van der Waals surface area contributed by atoms with Crippen LogP contribution in [0.25, 0.3) is 0 Å². The number of nitrogens with zero attached hydrogens (tertiary/aromatic N) is 1. The zero-order chi connectivity index (χ0) is 21.8. The van der Waals surface area contributed by atoms with Gasteiger partial charge in [-0.25, -0.2) is 0 Å². The fourth-order valence-corrected chi connectivity index (χ4v) is 4.15. The molecule has 1 aliphatic heterocycles. The lowest BCUT2D eigenvalue weighted by molar-refractivity contribution is 0.0935. The highest BCUT2D eigenvalue weighted by Gasteiger charge is 2.29. The van der Waals surface area contributed by atoms with Crippen LogP contribution in [-0.2, 0) is 0 Å². The van der Waals surface area contributed by atoms with Gasteiger partial charge in [-0.2, -0.15) is 0 Å². The first-order valence-corrected chi connectivity index (χ1v) is 10.3. The first kappa shape index (κ1) is 22.0. The lowest BCUT2D eigenvalue weighted by Gasteiger charge is -2.27. The Balaban J connectivity index is 1.67. The van der Waals surface area contributed by atoms with Crippen molar-refractivity contribution < 1.29 is 19.0 Å². The molecule has 2 aromatic rings. The van der Waals surface area contributed by atoms with E-state index >= 15 is 0 Å². The summed E-state index contributed by atoms with van der Waals surface area (Å²) in [6.45, 7) is 8.23. The normalized spacial score (nSPS) is 17.5. The minimum atomic E-state index is -0.108. The molecule has 0 aliphatic carbocycles. The highest BCUT2D eigenvalue weighted by Crippen LogP contribution is 2.32. The molecule has 1 fully saturated rings. The molecule has 6 heteroatoms. The summed E-state index contributed by atoms with van der Waals surface area (Å²) in [5.41, 5.74) is 4.29. The third-order valence-electron chi connectivity index (χ3n) is 6.17. The Morgan fingerprint density at radius 1 is 1.03 bits per heavy atom. The van der Waals surface area contributed by atoms with Crippen molar-refractivity contribution in [1.29, 1.82) is 0 Å². The molecule has 0 saturated carbocycles. The van der Waals surface area contributed by atoms with E-state index in [1.807, 2.05) is 6.07 Å². The average Bonchev–Trinajstić information content (AvgIpc) is 3.23. The first-order valence-electron chi connectivity index (χ1n) is 10.3. The minimum Gasteiger partial charge on any atom is -0.497 e. The van der Waals surface area contributed by atoms with Crippen LogP contribution < -0.4 is 19.5 Å². The molecular weight excluding hydrogens is 380 g/mol. The van der Waals surface area contributed by atoms with E-state index in [1.54, 1.807) is 39.5 Å². The molecule has 2 aromatic carbocycles. The molecule has 1 aliphatic rings. The molecule has 0 spiro atoms. The van der Waals surface area contributed by atoms with Crippen molar-refractivity contribution in [2.45, 2.75) is 39.3 Å². The number of hydrogen-bond acceptors (Lipinski definition) is 5. The number of nitrogens with one attached hydrogen (secondary N) is 1. The van der Waals surface area contributed by atoms with Crippen LogP contribution in [0, 0.1) is 13.8 Å². The minimum absolute atomic E-state index is 0.108. The lowest BCUT2D eigenvalue weighted by atomic mass is 9.97. The summed E-state index contributed by atoms with van der Waals surface area (Å²) in [5.74, 6) is 2.02. The molecule has 0 radical (unpaired) electrons. The van der Waals surface area contributed by atoms with Crippen LogP contribution >= 0.6 is 0 Å². The largest absolute Gasteiger partial charge is 0.497 e. The topological polar surface area (TPSA) is 60.0 Å². The Morgan fingerprint density at radius 2 is 1.70 bits per heavy atom. The van der Waals surface area contributed by atoms with E-state index in [0.717, 1.165) is 25.3 Å². The summed E-state index contributed by atoms with van der Waals surface area (Å²) in [5, 5.41) is 3.17. The van der Waals surface area contributed by atoms with Gasteiger partial charge in [0.05, 0.1) is 21.3 Å². The van der Waals surface area contributed by atoms with Gasteiger partial charge in [-0.1, -0.05) is 6.07 Å². The van der Waals surface area contributed by atoms with Crippen LogP contribution in [-0.4, -0.2) is 51.3 Å². The van der Waals surface area contributed by atoms with Crippen molar-refractivity contribution in [3.63, 3.8) is 0 Å². The maximum Gasteiger partial charge on any atom is 0.251 e. The van der Waals surface area contributed by atoms with E-state index in [1.165, 1.54) is 16.7 Å². The van der Waals surface area contributed by atoms with Crippen LogP contribution in [0.2, 0.25) is 0 Å². The van der Waals surface area contributed by atoms with Crippen LogP contribution in [0.5, 0.6) is 17.2 Å². The Kier molecular flexibility index (Phi) is 6.87. The Bertz CT molecular complexity index is 890. The molecule has 0 bridgehead atoms. The molecule has 162 valence electrons. The van der Waals surface area contributed by atoms with Crippen LogP contribution in [0.1, 0.15) is 46.4 Å². The molecule has 1 unspecified atom stereocenters. The second-order valence-corrected chi connectivity index (χ2v) is 7.84. The Hall–Kier alpha value is -2.73. The van der Waals surface area contributed by atoms with E-state index in [-0.39, 0.29) is 18.0 Å². The van der Waals surface area contributed by atoms with Gasteiger partial charge in [0, 0.05) is 36.8 Å². The fraction of sp³-hybridized carbons (Fsp3) is 0.458. The number of likely N-dealkylation sites (tertiary alicyclic amines) is 1. The molecule has 3 rings (SSSR count). The SMILES string of the molecule is COc1cc(OC)cc(C(=O)N[C@H]2CCN(C(C)c3ccc(OC)c(C)c3C)C2)c1. The van der Waals surface area contributed by atoms with E-state index in [2.05, 4.69) is 37.1 Å². The predicted octanol–water partition coefficient (Wildman–Crippen LogP) is 3.89. The number of hydrogen-bond donors (Lipinski definition) is 1. The van der Waals surface area contributed by atoms with Gasteiger partial charge in [-0.15, -0.1) is 0 Å². The number of rotatable bonds is 7. The monoisotopic (exact) mass is 412 g/mol. The highest BCUT2D eigenvalue weighted by atomic mass is 16.5. The molecular formula is C24H32N2O4. The summed E-state index contributed by atoms with van der Waals surface area (Å²) in [6, 6.07) is 9.80. The van der Waals surface area contributed by atoms with Gasteiger partial charge in [-0.3, -0.25) is 9.69 Å². The second kappa shape index (κ2) is 9.39.